The fraction of sp³-hybridized carbons (Fsp3) is 0.118. The molecule has 1 aromatic heterocycles. The predicted octanol–water partition coefficient (Wildman–Crippen LogP) is 4.45. The number of carbonyl (C=O) groups is 1. The highest BCUT2D eigenvalue weighted by Crippen LogP contribution is 2.24. The van der Waals surface area contributed by atoms with Crippen LogP contribution in [0, 0.1) is 0 Å². The number of hydrogen-bond donors (Lipinski definition) is 1. The average Bonchev–Trinajstić information content (AvgIpc) is 3.09. The fourth-order valence-corrected chi connectivity index (χ4v) is 2.80. The number of thioether (sulfide) groups is 1. The van der Waals surface area contributed by atoms with E-state index in [-0.39, 0.29) is 11.7 Å². The van der Waals surface area contributed by atoms with Crippen molar-refractivity contribution in [2.24, 2.45) is 0 Å². The maximum atomic E-state index is 11.9. The van der Waals surface area contributed by atoms with Gasteiger partial charge in [0.15, 0.2) is 0 Å². The molecule has 0 fully saturated rings. The SMILES string of the molecule is O=C(CSc1nnc(-c2ccc(Cl)cc2)o1)NCc1ccc(Cl)cc1. The number of rotatable bonds is 6. The van der Waals surface area contributed by atoms with E-state index in [1.165, 1.54) is 11.8 Å². The Labute approximate surface area is 158 Å². The molecule has 0 aliphatic heterocycles. The molecule has 5 nitrogen and oxygen atoms in total. The molecule has 0 spiro atoms. The third-order valence-corrected chi connectivity index (χ3v) is 4.55. The van der Waals surface area contributed by atoms with Gasteiger partial charge in [-0.15, -0.1) is 10.2 Å². The van der Waals surface area contributed by atoms with Crippen molar-refractivity contribution in [3.63, 3.8) is 0 Å². The monoisotopic (exact) mass is 393 g/mol. The molecule has 0 unspecified atom stereocenters. The number of halogens is 2. The van der Waals surface area contributed by atoms with Crippen molar-refractivity contribution in [1.29, 1.82) is 0 Å². The second-order valence-corrected chi connectivity index (χ2v) is 6.87. The zero-order valence-corrected chi connectivity index (χ0v) is 15.2. The van der Waals surface area contributed by atoms with E-state index in [4.69, 9.17) is 27.6 Å². The summed E-state index contributed by atoms with van der Waals surface area (Å²) in [5, 5.41) is 12.4. The number of aromatic nitrogens is 2. The van der Waals surface area contributed by atoms with Gasteiger partial charge in [-0.25, -0.2) is 0 Å². The molecule has 128 valence electrons. The standard InChI is InChI=1S/C17H13Cl2N3O2S/c18-13-5-1-11(2-6-13)9-20-15(23)10-25-17-22-21-16(24-17)12-3-7-14(19)8-4-12/h1-8H,9-10H2,(H,20,23). The van der Waals surface area contributed by atoms with E-state index in [9.17, 15) is 4.79 Å². The zero-order valence-electron chi connectivity index (χ0n) is 12.9. The lowest BCUT2D eigenvalue weighted by Gasteiger charge is -2.04. The first-order valence-corrected chi connectivity index (χ1v) is 9.08. The molecule has 3 rings (SSSR count). The van der Waals surface area contributed by atoms with Crippen LogP contribution in [0.5, 0.6) is 0 Å². The van der Waals surface area contributed by atoms with E-state index in [1.807, 2.05) is 12.1 Å². The van der Waals surface area contributed by atoms with Crippen molar-refractivity contribution in [2.75, 3.05) is 5.75 Å². The minimum absolute atomic E-state index is 0.119. The molecule has 0 bridgehead atoms. The predicted molar refractivity (Wildman–Crippen MR) is 98.8 cm³/mol. The van der Waals surface area contributed by atoms with Gasteiger partial charge in [0.25, 0.3) is 5.22 Å². The van der Waals surface area contributed by atoms with Crippen molar-refractivity contribution in [3.8, 4) is 11.5 Å². The summed E-state index contributed by atoms with van der Waals surface area (Å²) in [5.41, 5.74) is 1.75. The van der Waals surface area contributed by atoms with Crippen LogP contribution in [0.15, 0.2) is 58.2 Å². The zero-order chi connectivity index (χ0) is 17.6. The average molecular weight is 394 g/mol. The molecular weight excluding hydrogens is 381 g/mol. The van der Waals surface area contributed by atoms with Crippen LogP contribution in [0.4, 0.5) is 0 Å². The number of nitrogens with one attached hydrogen (secondary N) is 1. The van der Waals surface area contributed by atoms with E-state index >= 15 is 0 Å². The molecule has 2 aromatic carbocycles. The molecule has 0 saturated heterocycles. The normalized spacial score (nSPS) is 10.6. The molecule has 1 N–H and O–H groups in total. The largest absolute Gasteiger partial charge is 0.411 e. The lowest BCUT2D eigenvalue weighted by Crippen LogP contribution is -2.24. The molecule has 25 heavy (non-hydrogen) atoms. The van der Waals surface area contributed by atoms with Crippen LogP contribution < -0.4 is 5.32 Å². The summed E-state index contributed by atoms with van der Waals surface area (Å²) < 4.78 is 5.54. The third kappa shape index (κ3) is 5.22. The third-order valence-electron chi connectivity index (χ3n) is 3.23. The highest BCUT2D eigenvalue weighted by atomic mass is 35.5. The first-order valence-electron chi connectivity index (χ1n) is 7.33. The van der Waals surface area contributed by atoms with Gasteiger partial charge in [0.05, 0.1) is 5.75 Å². The van der Waals surface area contributed by atoms with Crippen LogP contribution in [0.2, 0.25) is 10.0 Å². The maximum absolute atomic E-state index is 11.9. The van der Waals surface area contributed by atoms with Crippen LogP contribution in [0.25, 0.3) is 11.5 Å². The molecule has 0 aliphatic rings. The van der Waals surface area contributed by atoms with Crippen LogP contribution in [-0.4, -0.2) is 21.9 Å². The molecular formula is C17H13Cl2N3O2S. The van der Waals surface area contributed by atoms with E-state index in [0.29, 0.717) is 27.7 Å². The number of nitrogens with zero attached hydrogens (tertiary/aromatic N) is 2. The highest BCUT2D eigenvalue weighted by molar-refractivity contribution is 7.99. The second kappa shape index (κ2) is 8.38. The minimum atomic E-state index is -0.119. The molecule has 0 saturated carbocycles. The lowest BCUT2D eigenvalue weighted by atomic mass is 10.2. The van der Waals surface area contributed by atoms with Gasteiger partial charge in [0, 0.05) is 22.2 Å². The smallest absolute Gasteiger partial charge is 0.277 e. The quantitative estimate of drug-likeness (QED) is 0.626. The lowest BCUT2D eigenvalue weighted by molar-refractivity contribution is -0.118. The number of benzene rings is 2. The number of hydrogen-bond acceptors (Lipinski definition) is 5. The molecule has 1 heterocycles. The Bertz CT molecular complexity index is 851. The Balaban J connectivity index is 1.49. The summed E-state index contributed by atoms with van der Waals surface area (Å²) in [7, 11) is 0. The van der Waals surface area contributed by atoms with Gasteiger partial charge < -0.3 is 9.73 Å². The highest BCUT2D eigenvalue weighted by Gasteiger charge is 2.11. The van der Waals surface area contributed by atoms with Crippen LogP contribution in [-0.2, 0) is 11.3 Å². The maximum Gasteiger partial charge on any atom is 0.277 e. The van der Waals surface area contributed by atoms with Crippen molar-refractivity contribution >= 4 is 40.9 Å². The minimum Gasteiger partial charge on any atom is -0.411 e. The summed E-state index contributed by atoms with van der Waals surface area (Å²) in [6.45, 7) is 0.441. The molecule has 3 aromatic rings. The first kappa shape index (κ1) is 17.8. The Morgan fingerprint density at radius 3 is 2.32 bits per heavy atom. The van der Waals surface area contributed by atoms with Gasteiger partial charge in [0.1, 0.15) is 0 Å². The van der Waals surface area contributed by atoms with Crippen molar-refractivity contribution in [1.82, 2.24) is 15.5 Å². The Hall–Kier alpha value is -2.02. The first-order chi connectivity index (χ1) is 12.1. The van der Waals surface area contributed by atoms with Gasteiger partial charge in [-0.2, -0.15) is 0 Å². The molecule has 0 radical (unpaired) electrons. The van der Waals surface area contributed by atoms with Gasteiger partial charge in [-0.05, 0) is 42.0 Å². The molecule has 0 aliphatic carbocycles. The topological polar surface area (TPSA) is 68.0 Å². The fourth-order valence-electron chi connectivity index (χ4n) is 1.96. The van der Waals surface area contributed by atoms with Crippen LogP contribution in [0.1, 0.15) is 5.56 Å². The van der Waals surface area contributed by atoms with E-state index in [1.54, 1.807) is 36.4 Å². The summed E-state index contributed by atoms with van der Waals surface area (Å²) in [6, 6.07) is 14.4. The van der Waals surface area contributed by atoms with Crippen molar-refractivity contribution in [2.45, 2.75) is 11.8 Å². The summed E-state index contributed by atoms with van der Waals surface area (Å²) in [5.74, 6) is 0.461. The Morgan fingerprint density at radius 2 is 1.64 bits per heavy atom. The van der Waals surface area contributed by atoms with Crippen LogP contribution in [0.3, 0.4) is 0 Å². The van der Waals surface area contributed by atoms with Crippen LogP contribution >= 0.6 is 35.0 Å². The summed E-state index contributed by atoms with van der Waals surface area (Å²) in [4.78, 5) is 11.9. The number of amides is 1. The molecule has 0 atom stereocenters. The van der Waals surface area contributed by atoms with Crippen molar-refractivity contribution < 1.29 is 9.21 Å². The van der Waals surface area contributed by atoms with E-state index in [0.717, 1.165) is 11.1 Å². The van der Waals surface area contributed by atoms with E-state index < -0.39 is 0 Å². The number of carbonyl (C=O) groups excluding carboxylic acids is 1. The second-order valence-electron chi connectivity index (χ2n) is 5.07. The Kier molecular flexibility index (Phi) is 5.96. The summed E-state index contributed by atoms with van der Waals surface area (Å²) in [6.07, 6.45) is 0. The summed E-state index contributed by atoms with van der Waals surface area (Å²) >= 11 is 12.9. The molecule has 8 heteroatoms. The molecule has 1 amide bonds. The van der Waals surface area contributed by atoms with Gasteiger partial charge in [-0.3, -0.25) is 4.79 Å². The van der Waals surface area contributed by atoms with Crippen molar-refractivity contribution in [3.05, 3.63) is 64.1 Å². The van der Waals surface area contributed by atoms with E-state index in [2.05, 4.69) is 15.5 Å². The van der Waals surface area contributed by atoms with Gasteiger partial charge in [0.2, 0.25) is 11.8 Å². The van der Waals surface area contributed by atoms with Gasteiger partial charge in [-0.1, -0.05) is 47.1 Å². The van der Waals surface area contributed by atoms with Gasteiger partial charge >= 0.3 is 0 Å². The Morgan fingerprint density at radius 1 is 1.00 bits per heavy atom.